The lowest BCUT2D eigenvalue weighted by Crippen LogP contribution is -2.47. The van der Waals surface area contributed by atoms with Gasteiger partial charge in [0.1, 0.15) is 5.54 Å². The fourth-order valence-corrected chi connectivity index (χ4v) is 3.01. The van der Waals surface area contributed by atoms with Gasteiger partial charge in [-0.1, -0.05) is 6.92 Å². The molecule has 0 radical (unpaired) electrons. The number of hydrogen-bond acceptors (Lipinski definition) is 4. The maximum atomic E-state index is 9.50. The van der Waals surface area contributed by atoms with E-state index < -0.39 is 0 Å². The van der Waals surface area contributed by atoms with Gasteiger partial charge in [0.2, 0.25) is 0 Å². The molecule has 0 bridgehead atoms. The van der Waals surface area contributed by atoms with Gasteiger partial charge in [0.15, 0.2) is 0 Å². The van der Waals surface area contributed by atoms with Gasteiger partial charge in [0.25, 0.3) is 0 Å². The lowest BCUT2D eigenvalue weighted by atomic mass is 9.91. The predicted molar refractivity (Wildman–Crippen MR) is 82.6 cm³/mol. The van der Waals surface area contributed by atoms with Crippen molar-refractivity contribution in [3.8, 4) is 6.07 Å². The molecular weight excluding hydrogens is 250 g/mol. The van der Waals surface area contributed by atoms with Crippen LogP contribution in [0.4, 0.5) is 0 Å². The molecule has 1 rings (SSSR count). The van der Waals surface area contributed by atoms with Crippen LogP contribution in [-0.4, -0.2) is 49.3 Å². The zero-order valence-corrected chi connectivity index (χ0v) is 13.6. The summed E-state index contributed by atoms with van der Waals surface area (Å²) in [7, 11) is 2.20. The van der Waals surface area contributed by atoms with Crippen LogP contribution in [0.2, 0.25) is 0 Å². The third-order valence-corrected chi connectivity index (χ3v) is 4.31. The van der Waals surface area contributed by atoms with Crippen LogP contribution in [0.1, 0.15) is 52.9 Å². The Labute approximate surface area is 124 Å². The van der Waals surface area contributed by atoms with Crippen molar-refractivity contribution in [3.63, 3.8) is 0 Å². The van der Waals surface area contributed by atoms with E-state index in [1.54, 1.807) is 0 Å². The molecule has 1 aliphatic heterocycles. The molecule has 0 aromatic heterocycles. The van der Waals surface area contributed by atoms with Crippen molar-refractivity contribution in [2.24, 2.45) is 0 Å². The molecule has 4 heteroatoms. The Hall–Kier alpha value is -0.630. The highest BCUT2D eigenvalue weighted by Crippen LogP contribution is 2.19. The van der Waals surface area contributed by atoms with Crippen LogP contribution in [0.3, 0.4) is 0 Å². The topological polar surface area (TPSA) is 48.3 Å². The van der Waals surface area contributed by atoms with Crippen LogP contribution in [0.25, 0.3) is 0 Å². The molecule has 0 aromatic rings. The Kier molecular flexibility index (Phi) is 7.50. The summed E-state index contributed by atoms with van der Waals surface area (Å²) >= 11 is 0. The number of nitrogens with one attached hydrogen (secondary N) is 1. The van der Waals surface area contributed by atoms with E-state index in [0.29, 0.717) is 12.1 Å². The Bertz CT molecular complexity index is 307. The van der Waals surface area contributed by atoms with Gasteiger partial charge in [-0.15, -0.1) is 0 Å². The van der Waals surface area contributed by atoms with Gasteiger partial charge >= 0.3 is 0 Å². The summed E-state index contributed by atoms with van der Waals surface area (Å²) < 4.78 is 5.41. The zero-order valence-electron chi connectivity index (χ0n) is 13.6. The molecule has 0 amide bonds. The molecule has 1 atom stereocenters. The van der Waals surface area contributed by atoms with E-state index in [9.17, 15) is 5.26 Å². The summed E-state index contributed by atoms with van der Waals surface area (Å²) in [6.07, 6.45) is 5.12. The standard InChI is InChI=1S/C16H31N3O/c1-5-16(13-17,18-14(2)3)9-6-10-19(4)15-7-11-20-12-8-15/h14-15,18H,5-12H2,1-4H3. The number of nitriles is 1. The minimum atomic E-state index is -0.356. The molecule has 1 N–H and O–H groups in total. The lowest BCUT2D eigenvalue weighted by molar-refractivity contribution is 0.0421. The molecule has 0 aromatic carbocycles. The van der Waals surface area contributed by atoms with Crippen LogP contribution < -0.4 is 5.32 Å². The Morgan fingerprint density at radius 2 is 2.05 bits per heavy atom. The normalized spacial score (nSPS) is 20.1. The smallest absolute Gasteiger partial charge is 0.106 e. The minimum absolute atomic E-state index is 0.350. The molecular formula is C16H31N3O. The highest BCUT2D eigenvalue weighted by Gasteiger charge is 2.28. The maximum absolute atomic E-state index is 9.50. The van der Waals surface area contributed by atoms with E-state index in [1.807, 2.05) is 0 Å². The van der Waals surface area contributed by atoms with Crippen molar-refractivity contribution < 1.29 is 4.74 Å². The molecule has 1 fully saturated rings. The Morgan fingerprint density at radius 3 is 2.55 bits per heavy atom. The summed E-state index contributed by atoms with van der Waals surface area (Å²) in [5.74, 6) is 0. The molecule has 1 unspecified atom stereocenters. The average molecular weight is 281 g/mol. The van der Waals surface area contributed by atoms with Gasteiger partial charge in [-0.25, -0.2) is 0 Å². The summed E-state index contributed by atoms with van der Waals surface area (Å²) in [6.45, 7) is 9.16. The third-order valence-electron chi connectivity index (χ3n) is 4.31. The summed E-state index contributed by atoms with van der Waals surface area (Å²) in [5, 5.41) is 12.9. The molecule has 20 heavy (non-hydrogen) atoms. The number of hydrogen-bond donors (Lipinski definition) is 1. The van der Waals surface area contributed by atoms with Crippen molar-refractivity contribution in [3.05, 3.63) is 0 Å². The molecule has 1 saturated heterocycles. The van der Waals surface area contributed by atoms with E-state index in [2.05, 4.69) is 44.1 Å². The molecule has 0 saturated carbocycles. The van der Waals surface area contributed by atoms with Crippen molar-refractivity contribution in [2.75, 3.05) is 26.8 Å². The number of ether oxygens (including phenoxy) is 1. The van der Waals surface area contributed by atoms with Gasteiger partial charge in [-0.3, -0.25) is 5.32 Å². The molecule has 1 aliphatic rings. The molecule has 0 aliphatic carbocycles. The van der Waals surface area contributed by atoms with E-state index in [1.165, 1.54) is 0 Å². The third kappa shape index (κ3) is 5.40. The second kappa shape index (κ2) is 8.61. The fourth-order valence-electron chi connectivity index (χ4n) is 3.01. The molecule has 0 spiro atoms. The van der Waals surface area contributed by atoms with Gasteiger partial charge in [0, 0.05) is 25.3 Å². The van der Waals surface area contributed by atoms with Crippen LogP contribution in [0, 0.1) is 11.3 Å². The van der Waals surface area contributed by atoms with E-state index in [-0.39, 0.29) is 5.54 Å². The van der Waals surface area contributed by atoms with E-state index in [4.69, 9.17) is 4.74 Å². The Balaban J connectivity index is 2.38. The SMILES string of the molecule is CCC(C#N)(CCCN(C)C1CCOCC1)NC(C)C. The second-order valence-electron chi connectivity index (χ2n) is 6.27. The van der Waals surface area contributed by atoms with Crippen LogP contribution in [0.15, 0.2) is 0 Å². The maximum Gasteiger partial charge on any atom is 0.106 e. The van der Waals surface area contributed by atoms with Crippen molar-refractivity contribution in [1.82, 2.24) is 10.2 Å². The first-order chi connectivity index (χ1) is 9.53. The predicted octanol–water partition coefficient (Wildman–Crippen LogP) is 2.55. The quantitative estimate of drug-likeness (QED) is 0.743. The first-order valence-electron chi connectivity index (χ1n) is 8.00. The van der Waals surface area contributed by atoms with Gasteiger partial charge < -0.3 is 9.64 Å². The largest absolute Gasteiger partial charge is 0.381 e. The van der Waals surface area contributed by atoms with Gasteiger partial charge in [-0.05, 0) is 59.5 Å². The number of nitrogens with zero attached hydrogens (tertiary/aromatic N) is 2. The first kappa shape index (κ1) is 17.4. The summed E-state index contributed by atoms with van der Waals surface area (Å²) in [6, 6.07) is 3.50. The molecule has 4 nitrogen and oxygen atoms in total. The fraction of sp³-hybridized carbons (Fsp3) is 0.938. The van der Waals surface area contributed by atoms with Crippen LogP contribution >= 0.6 is 0 Å². The van der Waals surface area contributed by atoms with Gasteiger partial charge in [-0.2, -0.15) is 5.26 Å². The monoisotopic (exact) mass is 281 g/mol. The average Bonchev–Trinajstić information content (AvgIpc) is 2.46. The molecule has 116 valence electrons. The van der Waals surface area contributed by atoms with Crippen molar-refractivity contribution in [1.29, 1.82) is 5.26 Å². The van der Waals surface area contributed by atoms with E-state index in [0.717, 1.165) is 51.9 Å². The Morgan fingerprint density at radius 1 is 1.40 bits per heavy atom. The van der Waals surface area contributed by atoms with Gasteiger partial charge in [0.05, 0.1) is 6.07 Å². The second-order valence-corrected chi connectivity index (χ2v) is 6.27. The van der Waals surface area contributed by atoms with Crippen molar-refractivity contribution >= 4 is 0 Å². The minimum Gasteiger partial charge on any atom is -0.381 e. The van der Waals surface area contributed by atoms with Crippen LogP contribution in [0.5, 0.6) is 0 Å². The van der Waals surface area contributed by atoms with Crippen molar-refractivity contribution in [2.45, 2.75) is 70.5 Å². The highest BCUT2D eigenvalue weighted by molar-refractivity contribution is 5.06. The first-order valence-corrected chi connectivity index (χ1v) is 8.00. The number of rotatable bonds is 8. The summed E-state index contributed by atoms with van der Waals surface area (Å²) in [5.41, 5.74) is -0.356. The summed E-state index contributed by atoms with van der Waals surface area (Å²) in [4.78, 5) is 2.44. The highest BCUT2D eigenvalue weighted by atomic mass is 16.5. The van der Waals surface area contributed by atoms with E-state index >= 15 is 0 Å². The molecule has 1 heterocycles. The van der Waals surface area contributed by atoms with Crippen LogP contribution in [-0.2, 0) is 4.74 Å². The zero-order chi connectivity index (χ0) is 15.0. The lowest BCUT2D eigenvalue weighted by Gasteiger charge is -2.33.